The van der Waals surface area contributed by atoms with Crippen LogP contribution in [0.25, 0.3) is 0 Å². The van der Waals surface area contributed by atoms with Crippen molar-refractivity contribution >= 4 is 34.9 Å². The van der Waals surface area contributed by atoms with E-state index in [0.717, 1.165) is 4.90 Å². The van der Waals surface area contributed by atoms with Crippen LogP contribution >= 0.6 is 23.2 Å². The van der Waals surface area contributed by atoms with Gasteiger partial charge in [-0.1, -0.05) is 12.1 Å². The van der Waals surface area contributed by atoms with Crippen LogP contribution in [0.2, 0.25) is 0 Å². The van der Waals surface area contributed by atoms with Crippen molar-refractivity contribution in [1.29, 1.82) is 0 Å². The van der Waals surface area contributed by atoms with E-state index in [4.69, 9.17) is 44.3 Å². The summed E-state index contributed by atoms with van der Waals surface area (Å²) < 4.78 is 36.6. The van der Waals surface area contributed by atoms with Crippen molar-refractivity contribution in [2.24, 2.45) is 5.73 Å². The molecule has 0 saturated carbocycles. The fourth-order valence-electron chi connectivity index (χ4n) is 1.77. The molecule has 0 bridgehead atoms. The lowest BCUT2D eigenvalue weighted by atomic mass is 10.1. The second-order valence-corrected chi connectivity index (χ2v) is 5.04. The third kappa shape index (κ3) is 6.83. The zero-order chi connectivity index (χ0) is 20.0. The first kappa shape index (κ1) is 13.4. The maximum atomic E-state index is 10.8. The zero-order valence-electron chi connectivity index (χ0n) is 16.0. The van der Waals surface area contributed by atoms with Crippen LogP contribution in [0.1, 0.15) is 11.0 Å². The highest BCUT2D eigenvalue weighted by atomic mass is 35.5. The average Bonchev–Trinajstić information content (AvgIpc) is 2.54. The molecule has 0 aliphatic carbocycles. The van der Waals surface area contributed by atoms with E-state index in [1.165, 1.54) is 0 Å². The molecule has 7 heteroatoms. The quantitative estimate of drug-likeness (QED) is 0.470. The summed E-state index contributed by atoms with van der Waals surface area (Å²) in [6.07, 6.45) is 0.123. The molecule has 0 unspecified atom stereocenters. The lowest BCUT2D eigenvalue weighted by molar-refractivity contribution is -0.138. The minimum Gasteiger partial charge on any atom is -0.480 e. The summed E-state index contributed by atoms with van der Waals surface area (Å²) in [5, 5.41) is 8.86. The number of ether oxygens (including phenoxy) is 1. The van der Waals surface area contributed by atoms with Crippen molar-refractivity contribution in [2.75, 3.05) is 42.9 Å². The Bertz CT molecular complexity index is 585. The molecule has 5 nitrogen and oxygen atoms in total. The van der Waals surface area contributed by atoms with Crippen molar-refractivity contribution in [3.8, 4) is 0 Å². The Labute approximate surface area is 146 Å². The van der Waals surface area contributed by atoms with Gasteiger partial charge in [-0.2, -0.15) is 0 Å². The molecule has 1 aromatic rings. The molecule has 0 aliphatic heterocycles. The second-order valence-electron chi connectivity index (χ2n) is 4.47. The Hall–Kier alpha value is -1.01. The monoisotopic (exact) mass is 352 g/mol. The fraction of sp³-hybridized carbons (Fsp3) is 0.533. The topological polar surface area (TPSA) is 75.8 Å². The van der Waals surface area contributed by atoms with Crippen LogP contribution in [0, 0.1) is 0 Å². The third-order valence-electron chi connectivity index (χ3n) is 2.88. The molecular formula is C15H22Cl2N2O3. The van der Waals surface area contributed by atoms with Crippen LogP contribution in [0.5, 0.6) is 0 Å². The molecular weight excluding hydrogens is 327 g/mol. The Morgan fingerprint density at radius 1 is 1.36 bits per heavy atom. The van der Waals surface area contributed by atoms with Gasteiger partial charge in [0.25, 0.3) is 0 Å². The molecule has 0 saturated heterocycles. The standard InChI is InChI=1S/C15H22Cl2N2O3/c16-5-7-19(8-10-22-9-6-17)13-3-1-12(2-4-13)11-14(18)15(20)21/h1-4,14H,5-11,18H2,(H,20,21)/t14-/m0/s1/i5D2,7D2. The van der Waals surface area contributed by atoms with E-state index < -0.39 is 24.3 Å². The molecule has 0 aromatic heterocycles. The Morgan fingerprint density at radius 2 is 2.05 bits per heavy atom. The number of benzene rings is 1. The van der Waals surface area contributed by atoms with E-state index in [9.17, 15) is 4.79 Å². The third-order valence-corrected chi connectivity index (χ3v) is 3.12. The van der Waals surface area contributed by atoms with Crippen LogP contribution in [-0.4, -0.2) is 55.1 Å². The summed E-state index contributed by atoms with van der Waals surface area (Å²) in [7, 11) is 0. The van der Waals surface area contributed by atoms with Gasteiger partial charge in [0.1, 0.15) is 6.04 Å². The smallest absolute Gasteiger partial charge is 0.320 e. The Kier molecular flexibility index (Phi) is 6.52. The number of nitrogens with zero attached hydrogens (tertiary/aromatic N) is 1. The molecule has 0 spiro atoms. The minimum atomic E-state index is -2.65. The van der Waals surface area contributed by atoms with Crippen LogP contribution in [0.4, 0.5) is 5.69 Å². The summed E-state index contributed by atoms with van der Waals surface area (Å²) in [4.78, 5) is 12.0. The highest BCUT2D eigenvalue weighted by Gasteiger charge is 2.12. The van der Waals surface area contributed by atoms with Crippen LogP contribution in [0.15, 0.2) is 24.3 Å². The molecule has 0 radical (unpaired) electrons. The van der Waals surface area contributed by atoms with Gasteiger partial charge in [-0.3, -0.25) is 4.79 Å². The number of anilines is 1. The number of alkyl halides is 2. The molecule has 0 amide bonds. The van der Waals surface area contributed by atoms with Crippen molar-refractivity contribution in [2.45, 2.75) is 12.5 Å². The van der Waals surface area contributed by atoms with E-state index >= 15 is 0 Å². The number of nitrogens with two attached hydrogens (primary N) is 1. The Morgan fingerprint density at radius 3 is 2.59 bits per heavy atom. The van der Waals surface area contributed by atoms with Crippen molar-refractivity contribution in [1.82, 2.24) is 0 Å². The number of carboxylic acid groups (broad SMARTS) is 1. The van der Waals surface area contributed by atoms with E-state index in [-0.39, 0.29) is 26.2 Å². The number of rotatable bonds is 11. The molecule has 0 aliphatic rings. The number of hydrogen-bond acceptors (Lipinski definition) is 4. The van der Waals surface area contributed by atoms with E-state index in [1.54, 1.807) is 24.3 Å². The van der Waals surface area contributed by atoms with Gasteiger partial charge in [-0.15, -0.1) is 23.2 Å². The molecule has 1 atom stereocenters. The van der Waals surface area contributed by atoms with Gasteiger partial charge in [0.05, 0.1) is 16.0 Å². The zero-order valence-corrected chi connectivity index (χ0v) is 13.5. The van der Waals surface area contributed by atoms with E-state index in [1.807, 2.05) is 0 Å². The van der Waals surface area contributed by atoms with Crippen molar-refractivity contribution in [3.63, 3.8) is 0 Å². The number of aliphatic carboxylic acids is 1. The van der Waals surface area contributed by atoms with Crippen LogP contribution < -0.4 is 10.6 Å². The molecule has 0 heterocycles. The second kappa shape index (κ2) is 10.7. The van der Waals surface area contributed by atoms with Gasteiger partial charge in [0.15, 0.2) is 0 Å². The van der Waals surface area contributed by atoms with Crippen LogP contribution in [-0.2, 0) is 16.0 Å². The Balaban J connectivity index is 3.00. The van der Waals surface area contributed by atoms with E-state index in [2.05, 4.69) is 0 Å². The van der Waals surface area contributed by atoms with Gasteiger partial charge in [-0.25, -0.2) is 0 Å². The van der Waals surface area contributed by atoms with E-state index in [0.29, 0.717) is 17.1 Å². The highest BCUT2D eigenvalue weighted by molar-refractivity contribution is 6.18. The van der Waals surface area contributed by atoms with Crippen molar-refractivity contribution in [3.05, 3.63) is 29.8 Å². The van der Waals surface area contributed by atoms with Gasteiger partial charge < -0.3 is 20.5 Å². The summed E-state index contributed by atoms with van der Waals surface area (Å²) >= 11 is 11.1. The van der Waals surface area contributed by atoms with Gasteiger partial charge in [-0.05, 0) is 24.1 Å². The number of carbonyl (C=O) groups is 1. The van der Waals surface area contributed by atoms with Gasteiger partial charge >= 0.3 is 5.97 Å². The summed E-state index contributed by atoms with van der Waals surface area (Å²) in [5.74, 6) is -3.47. The molecule has 1 aromatic carbocycles. The summed E-state index contributed by atoms with van der Waals surface area (Å²) in [6, 6.07) is 5.32. The number of carboxylic acids is 1. The molecule has 1 rings (SSSR count). The average molecular weight is 353 g/mol. The first-order valence-corrected chi connectivity index (χ1v) is 7.59. The first-order valence-electron chi connectivity index (χ1n) is 8.68. The number of halogens is 2. The van der Waals surface area contributed by atoms with Gasteiger partial charge in [0.2, 0.25) is 0 Å². The minimum absolute atomic E-state index is 0.0457. The highest BCUT2D eigenvalue weighted by Crippen LogP contribution is 2.16. The van der Waals surface area contributed by atoms with Crippen molar-refractivity contribution < 1.29 is 20.1 Å². The normalized spacial score (nSPS) is 16.1. The SMILES string of the molecule is [2H]C([2H])(Cl)C([2H])([2H])N(CCOCCCl)c1ccc(C[C@H](N)C(=O)O)cc1. The molecule has 0 fully saturated rings. The lowest BCUT2D eigenvalue weighted by Crippen LogP contribution is -2.32. The molecule has 124 valence electrons. The molecule has 22 heavy (non-hydrogen) atoms. The summed E-state index contributed by atoms with van der Waals surface area (Å²) in [5.41, 5.74) is 6.54. The van der Waals surface area contributed by atoms with Gasteiger partial charge in [0, 0.05) is 33.2 Å². The maximum Gasteiger partial charge on any atom is 0.320 e. The maximum absolute atomic E-state index is 10.8. The van der Waals surface area contributed by atoms with Crippen LogP contribution in [0.3, 0.4) is 0 Å². The fourth-order valence-corrected chi connectivity index (χ4v) is 1.98. The lowest BCUT2D eigenvalue weighted by Gasteiger charge is -2.24. The first-order chi connectivity index (χ1) is 12.0. The largest absolute Gasteiger partial charge is 0.480 e. The predicted octanol–water partition coefficient (Wildman–Crippen LogP) is 1.94. The number of hydrogen-bond donors (Lipinski definition) is 2. The molecule has 3 N–H and O–H groups in total. The predicted molar refractivity (Wildman–Crippen MR) is 90.2 cm³/mol. The summed E-state index contributed by atoms with van der Waals surface area (Å²) in [6.45, 7) is -2.05.